The van der Waals surface area contributed by atoms with Crippen molar-refractivity contribution in [2.45, 2.75) is 20.0 Å². The van der Waals surface area contributed by atoms with Crippen molar-refractivity contribution in [1.29, 1.82) is 0 Å². The summed E-state index contributed by atoms with van der Waals surface area (Å²) < 4.78 is 18.8. The molecule has 0 aromatic carbocycles. The largest absolute Gasteiger partial charge is 0.458 e. The second-order valence-electron chi connectivity index (χ2n) is 4.20. The molecule has 0 saturated heterocycles. The molecule has 0 N–H and O–H groups in total. The van der Waals surface area contributed by atoms with Crippen molar-refractivity contribution in [3.63, 3.8) is 0 Å². The van der Waals surface area contributed by atoms with Crippen molar-refractivity contribution >= 4 is 21.6 Å². The predicted octanol–water partition coefficient (Wildman–Crippen LogP) is 3.37. The highest BCUT2D eigenvalue weighted by Gasteiger charge is 2.07. The van der Waals surface area contributed by atoms with Gasteiger partial charge in [0.15, 0.2) is 5.82 Å². The Morgan fingerprint density at radius 1 is 1.35 bits per heavy atom. The third kappa shape index (κ3) is 2.60. The minimum absolute atomic E-state index is 0.202. The van der Waals surface area contributed by atoms with Crippen molar-refractivity contribution in [2.24, 2.45) is 0 Å². The van der Waals surface area contributed by atoms with Gasteiger partial charge < -0.3 is 4.74 Å². The van der Waals surface area contributed by atoms with Crippen LogP contribution >= 0.6 is 11.3 Å². The highest BCUT2D eigenvalue weighted by atomic mass is 32.1. The third-order valence-corrected chi connectivity index (χ3v) is 3.85. The molecule has 0 atom stereocenters. The molecule has 0 bridgehead atoms. The first-order valence-corrected chi connectivity index (χ1v) is 7.05. The van der Waals surface area contributed by atoms with Gasteiger partial charge in [-0.1, -0.05) is 13.0 Å². The lowest BCUT2D eigenvalue weighted by atomic mass is 10.3. The van der Waals surface area contributed by atoms with E-state index in [1.807, 2.05) is 25.1 Å². The van der Waals surface area contributed by atoms with E-state index >= 15 is 0 Å². The van der Waals surface area contributed by atoms with Crippen LogP contribution < -0.4 is 4.74 Å². The summed E-state index contributed by atoms with van der Waals surface area (Å²) >= 11 is 1.56. The predicted molar refractivity (Wildman–Crippen MR) is 75.3 cm³/mol. The smallest absolute Gasteiger partial charge is 0.317 e. The normalized spacial score (nSPS) is 10.9. The molecule has 3 aromatic rings. The van der Waals surface area contributed by atoms with E-state index < -0.39 is 5.82 Å². The maximum absolute atomic E-state index is 13.3. The number of thiophene rings is 1. The zero-order chi connectivity index (χ0) is 13.9. The first-order valence-electron chi connectivity index (χ1n) is 6.24. The Morgan fingerprint density at radius 3 is 3.05 bits per heavy atom. The number of fused-ring (bicyclic) bond motifs is 1. The highest BCUT2D eigenvalue weighted by molar-refractivity contribution is 7.18. The molecule has 0 fully saturated rings. The fraction of sp³-hybridized carbons (Fsp3) is 0.214. The third-order valence-electron chi connectivity index (χ3n) is 2.82. The minimum Gasteiger partial charge on any atom is -0.458 e. The molecular weight excluding hydrogens is 277 g/mol. The lowest BCUT2D eigenvalue weighted by Crippen LogP contribution is -2.02. The molecule has 0 amide bonds. The summed E-state index contributed by atoms with van der Waals surface area (Å²) in [6.45, 7) is 2.20. The van der Waals surface area contributed by atoms with Gasteiger partial charge in [0.05, 0.1) is 11.9 Å². The second kappa shape index (κ2) is 5.50. The molecule has 4 nitrogen and oxygen atoms in total. The average molecular weight is 289 g/mol. The van der Waals surface area contributed by atoms with Crippen LogP contribution in [0.25, 0.3) is 10.2 Å². The van der Waals surface area contributed by atoms with Crippen LogP contribution in [0.2, 0.25) is 0 Å². The van der Waals surface area contributed by atoms with Gasteiger partial charge in [0.2, 0.25) is 0 Å². The Labute approximate surface area is 119 Å². The van der Waals surface area contributed by atoms with Gasteiger partial charge in [-0.3, -0.25) is 0 Å². The van der Waals surface area contributed by atoms with Crippen molar-refractivity contribution in [2.75, 3.05) is 0 Å². The van der Waals surface area contributed by atoms with Crippen LogP contribution in [0.15, 0.2) is 30.6 Å². The van der Waals surface area contributed by atoms with Crippen LogP contribution in [0.1, 0.15) is 17.5 Å². The average Bonchev–Trinajstić information content (AvgIpc) is 2.89. The molecule has 0 radical (unpaired) electrons. The fourth-order valence-corrected chi connectivity index (χ4v) is 2.74. The Bertz CT molecular complexity index is 711. The highest BCUT2D eigenvalue weighted by Crippen LogP contribution is 2.24. The maximum atomic E-state index is 13.3. The lowest BCUT2D eigenvalue weighted by molar-refractivity contribution is 0.281. The quantitative estimate of drug-likeness (QED) is 0.739. The summed E-state index contributed by atoms with van der Waals surface area (Å²) in [6, 6.07) is 6.13. The monoisotopic (exact) mass is 289 g/mol. The molecule has 0 saturated carbocycles. The van der Waals surface area contributed by atoms with Crippen LogP contribution in [-0.2, 0) is 13.0 Å². The topological polar surface area (TPSA) is 47.9 Å². The standard InChI is InChI=1S/C14H12FN3OS/c1-2-12-11(15)7-17-14(18-12)19-8-10-6-9-4-3-5-16-13(9)20-10/h3-7H,2,8H2,1H3. The van der Waals surface area contributed by atoms with E-state index in [2.05, 4.69) is 15.0 Å². The number of hydrogen-bond acceptors (Lipinski definition) is 5. The van der Waals surface area contributed by atoms with Crippen LogP contribution in [0.5, 0.6) is 6.01 Å². The zero-order valence-corrected chi connectivity index (χ0v) is 11.7. The summed E-state index contributed by atoms with van der Waals surface area (Å²) in [6.07, 6.45) is 3.42. The first-order chi connectivity index (χ1) is 9.76. The van der Waals surface area contributed by atoms with Gasteiger partial charge in [-0.2, -0.15) is 4.98 Å². The molecule has 102 valence electrons. The Hall–Kier alpha value is -2.08. The minimum atomic E-state index is -0.397. The van der Waals surface area contributed by atoms with E-state index in [1.54, 1.807) is 17.5 Å². The van der Waals surface area contributed by atoms with Crippen LogP contribution in [0.3, 0.4) is 0 Å². The van der Waals surface area contributed by atoms with Crippen LogP contribution in [-0.4, -0.2) is 15.0 Å². The number of aryl methyl sites for hydroxylation is 1. The van der Waals surface area contributed by atoms with Crippen molar-refractivity contribution in [1.82, 2.24) is 15.0 Å². The molecule has 3 heterocycles. The molecular formula is C14H12FN3OS. The van der Waals surface area contributed by atoms with Gasteiger partial charge in [-0.05, 0) is 18.6 Å². The van der Waals surface area contributed by atoms with Gasteiger partial charge in [-0.15, -0.1) is 11.3 Å². The summed E-state index contributed by atoms with van der Waals surface area (Å²) in [5.41, 5.74) is 0.369. The number of aromatic nitrogens is 3. The first kappa shape index (κ1) is 12.9. The van der Waals surface area contributed by atoms with Gasteiger partial charge in [-0.25, -0.2) is 14.4 Å². The molecule has 0 aliphatic heterocycles. The molecule has 0 aliphatic carbocycles. The van der Waals surface area contributed by atoms with Crippen LogP contribution in [0, 0.1) is 5.82 Å². The summed E-state index contributed by atoms with van der Waals surface area (Å²) in [5.74, 6) is -0.397. The Morgan fingerprint density at radius 2 is 2.25 bits per heavy atom. The van der Waals surface area contributed by atoms with Gasteiger partial charge in [0, 0.05) is 16.5 Å². The molecule has 0 spiro atoms. The molecule has 0 unspecified atom stereocenters. The zero-order valence-electron chi connectivity index (χ0n) is 10.8. The number of hydrogen-bond donors (Lipinski definition) is 0. The van der Waals surface area contributed by atoms with E-state index in [0.29, 0.717) is 18.7 Å². The molecule has 3 aromatic heterocycles. The Balaban J connectivity index is 1.75. The second-order valence-corrected chi connectivity index (χ2v) is 5.32. The molecule has 3 rings (SSSR count). The number of rotatable bonds is 4. The van der Waals surface area contributed by atoms with Gasteiger partial charge in [0.25, 0.3) is 0 Å². The summed E-state index contributed by atoms with van der Waals surface area (Å²) in [7, 11) is 0. The number of pyridine rings is 1. The molecule has 0 aliphatic rings. The van der Waals surface area contributed by atoms with Crippen molar-refractivity contribution in [3.8, 4) is 6.01 Å². The van der Waals surface area contributed by atoms with Gasteiger partial charge >= 0.3 is 6.01 Å². The number of nitrogens with zero attached hydrogens (tertiary/aromatic N) is 3. The van der Waals surface area contributed by atoms with Crippen molar-refractivity contribution in [3.05, 3.63) is 47.0 Å². The lowest BCUT2D eigenvalue weighted by Gasteiger charge is -2.04. The van der Waals surface area contributed by atoms with E-state index in [-0.39, 0.29) is 6.01 Å². The van der Waals surface area contributed by atoms with Crippen LogP contribution in [0.4, 0.5) is 4.39 Å². The Kier molecular flexibility index (Phi) is 3.56. The van der Waals surface area contributed by atoms with E-state index in [1.165, 1.54) is 0 Å². The fourth-order valence-electron chi connectivity index (χ4n) is 1.83. The maximum Gasteiger partial charge on any atom is 0.317 e. The van der Waals surface area contributed by atoms with E-state index in [4.69, 9.17) is 4.74 Å². The van der Waals surface area contributed by atoms with E-state index in [9.17, 15) is 4.39 Å². The van der Waals surface area contributed by atoms with Gasteiger partial charge in [0.1, 0.15) is 11.4 Å². The number of ether oxygens (including phenoxy) is 1. The SMILES string of the molecule is CCc1nc(OCc2cc3cccnc3s2)ncc1F. The summed E-state index contributed by atoms with van der Waals surface area (Å²) in [5, 5.41) is 1.09. The molecule has 6 heteroatoms. The molecule has 20 heavy (non-hydrogen) atoms. The van der Waals surface area contributed by atoms with E-state index in [0.717, 1.165) is 21.3 Å². The summed E-state index contributed by atoms with van der Waals surface area (Å²) in [4.78, 5) is 14.2. The van der Waals surface area contributed by atoms with Crippen molar-refractivity contribution < 1.29 is 9.13 Å². The number of halogens is 1.